The van der Waals surface area contributed by atoms with Crippen molar-refractivity contribution in [3.8, 4) is 5.88 Å². The van der Waals surface area contributed by atoms with Gasteiger partial charge in [-0.2, -0.15) is 4.98 Å². The van der Waals surface area contributed by atoms with E-state index in [0.717, 1.165) is 32.1 Å². The molecule has 1 heterocycles. The fourth-order valence-electron chi connectivity index (χ4n) is 6.33. The summed E-state index contributed by atoms with van der Waals surface area (Å²) in [6.45, 7) is 1.73. The molecular formula is C23H25FN4O3. The zero-order valence-corrected chi connectivity index (χ0v) is 17.4. The molecule has 1 aromatic heterocycles. The fraction of sp³-hybridized carbons (Fsp3) is 0.478. The molecule has 2 aromatic rings. The molecule has 4 fully saturated rings. The first-order chi connectivity index (χ1) is 14.8. The number of benzene rings is 1. The van der Waals surface area contributed by atoms with Crippen molar-refractivity contribution in [1.82, 2.24) is 20.6 Å². The van der Waals surface area contributed by atoms with Crippen molar-refractivity contribution in [3.63, 3.8) is 0 Å². The summed E-state index contributed by atoms with van der Waals surface area (Å²) >= 11 is 0. The molecule has 4 aliphatic carbocycles. The summed E-state index contributed by atoms with van der Waals surface area (Å²) in [6.07, 6.45) is 6.28. The minimum atomic E-state index is -0.536. The van der Waals surface area contributed by atoms with Gasteiger partial charge in [-0.05, 0) is 75.5 Å². The SMILES string of the molecule is Cc1nccc(OC(=O)NC23CC4CC(C2)CC(NC(=O)c2cccc(F)c2)(C4)C3)n1. The molecule has 8 heteroatoms. The van der Waals surface area contributed by atoms with Gasteiger partial charge in [0.1, 0.15) is 11.6 Å². The predicted molar refractivity (Wildman–Crippen MR) is 110 cm³/mol. The van der Waals surface area contributed by atoms with E-state index < -0.39 is 23.0 Å². The number of nitrogens with one attached hydrogen (secondary N) is 2. The number of aryl methyl sites for hydroxylation is 1. The van der Waals surface area contributed by atoms with Crippen LogP contribution < -0.4 is 15.4 Å². The number of hydrogen-bond acceptors (Lipinski definition) is 5. The molecule has 31 heavy (non-hydrogen) atoms. The first kappa shape index (κ1) is 19.9. The van der Waals surface area contributed by atoms with Crippen molar-refractivity contribution in [2.24, 2.45) is 11.8 Å². The number of carbonyl (C=O) groups excluding carboxylic acids is 2. The van der Waals surface area contributed by atoms with Gasteiger partial charge in [0.25, 0.3) is 5.91 Å². The maximum absolute atomic E-state index is 13.6. The largest absolute Gasteiger partial charge is 0.414 e. The van der Waals surface area contributed by atoms with Gasteiger partial charge in [-0.1, -0.05) is 6.07 Å². The van der Waals surface area contributed by atoms with Crippen molar-refractivity contribution < 1.29 is 18.7 Å². The fourth-order valence-corrected chi connectivity index (χ4v) is 6.33. The number of halogens is 1. The van der Waals surface area contributed by atoms with Crippen LogP contribution in [-0.2, 0) is 0 Å². The van der Waals surface area contributed by atoms with Gasteiger partial charge in [0.15, 0.2) is 0 Å². The minimum absolute atomic E-state index is 0.212. The van der Waals surface area contributed by atoms with Crippen molar-refractivity contribution in [2.75, 3.05) is 0 Å². The van der Waals surface area contributed by atoms with Crippen LogP contribution in [0.4, 0.5) is 9.18 Å². The average Bonchev–Trinajstić information content (AvgIpc) is 2.66. The summed E-state index contributed by atoms with van der Waals surface area (Å²) in [5.74, 6) is 0.893. The zero-order chi connectivity index (χ0) is 21.6. The van der Waals surface area contributed by atoms with E-state index in [0.29, 0.717) is 29.6 Å². The van der Waals surface area contributed by atoms with E-state index in [-0.39, 0.29) is 11.8 Å². The summed E-state index contributed by atoms with van der Waals surface area (Å²) in [5.41, 5.74) is -0.499. The third-order valence-corrected chi connectivity index (χ3v) is 6.84. The molecule has 0 spiro atoms. The summed E-state index contributed by atoms with van der Waals surface area (Å²) in [6, 6.07) is 7.29. The molecule has 2 atom stereocenters. The molecule has 1 aromatic carbocycles. The van der Waals surface area contributed by atoms with E-state index >= 15 is 0 Å². The molecule has 6 rings (SSSR count). The number of hydrogen-bond donors (Lipinski definition) is 2. The molecule has 4 bridgehead atoms. The molecular weight excluding hydrogens is 399 g/mol. The van der Waals surface area contributed by atoms with Gasteiger partial charge in [-0.3, -0.25) is 4.79 Å². The molecule has 0 radical (unpaired) electrons. The Hall–Kier alpha value is -3.03. The Kier molecular flexibility index (Phi) is 4.68. The summed E-state index contributed by atoms with van der Waals surface area (Å²) in [7, 11) is 0. The highest BCUT2D eigenvalue weighted by Gasteiger charge is 2.59. The number of aromatic nitrogens is 2. The van der Waals surface area contributed by atoms with Gasteiger partial charge in [-0.15, -0.1) is 0 Å². The van der Waals surface area contributed by atoms with Crippen LogP contribution in [0.15, 0.2) is 36.5 Å². The van der Waals surface area contributed by atoms with E-state index in [1.54, 1.807) is 25.3 Å². The minimum Gasteiger partial charge on any atom is -0.391 e. The van der Waals surface area contributed by atoms with Gasteiger partial charge < -0.3 is 15.4 Å². The molecule has 0 saturated heterocycles. The highest BCUT2D eigenvalue weighted by Crippen LogP contribution is 2.57. The van der Waals surface area contributed by atoms with Crippen LogP contribution in [0.3, 0.4) is 0 Å². The Bertz CT molecular complexity index is 1030. The maximum Gasteiger partial charge on any atom is 0.414 e. The van der Waals surface area contributed by atoms with Crippen LogP contribution in [0.1, 0.15) is 54.7 Å². The summed E-state index contributed by atoms with van der Waals surface area (Å²) < 4.78 is 19.0. The van der Waals surface area contributed by atoms with Crippen molar-refractivity contribution in [1.29, 1.82) is 0 Å². The lowest BCUT2D eigenvalue weighted by atomic mass is 9.50. The van der Waals surface area contributed by atoms with Crippen LogP contribution in [-0.4, -0.2) is 33.0 Å². The number of amides is 2. The summed E-state index contributed by atoms with van der Waals surface area (Å²) in [4.78, 5) is 33.7. The topological polar surface area (TPSA) is 93.2 Å². The zero-order valence-electron chi connectivity index (χ0n) is 17.4. The Labute approximate surface area is 179 Å². The van der Waals surface area contributed by atoms with Crippen LogP contribution >= 0.6 is 0 Å². The molecule has 162 valence electrons. The predicted octanol–water partition coefficient (Wildman–Crippen LogP) is 3.53. The van der Waals surface area contributed by atoms with Crippen molar-refractivity contribution in [2.45, 2.75) is 56.5 Å². The second-order valence-corrected chi connectivity index (χ2v) is 9.44. The highest BCUT2D eigenvalue weighted by molar-refractivity contribution is 5.94. The number of rotatable bonds is 4. The molecule has 7 nitrogen and oxygen atoms in total. The van der Waals surface area contributed by atoms with Crippen LogP contribution in [0, 0.1) is 24.6 Å². The maximum atomic E-state index is 13.6. The molecule has 2 amide bonds. The molecule has 2 N–H and O–H groups in total. The van der Waals surface area contributed by atoms with E-state index in [4.69, 9.17) is 4.74 Å². The van der Waals surface area contributed by atoms with Crippen molar-refractivity contribution >= 4 is 12.0 Å². The lowest BCUT2D eigenvalue weighted by Gasteiger charge is -2.62. The Morgan fingerprint density at radius 2 is 1.81 bits per heavy atom. The lowest BCUT2D eigenvalue weighted by molar-refractivity contribution is -0.0449. The van der Waals surface area contributed by atoms with Crippen LogP contribution in [0.25, 0.3) is 0 Å². The quantitative estimate of drug-likeness (QED) is 0.783. The smallest absolute Gasteiger partial charge is 0.391 e. The second kappa shape index (κ2) is 7.28. The summed E-state index contributed by atoms with van der Waals surface area (Å²) in [5, 5.41) is 6.31. The molecule has 2 unspecified atom stereocenters. The van der Waals surface area contributed by atoms with E-state index in [9.17, 15) is 14.0 Å². The standard InChI is InChI=1S/C23H25FN4O3/c1-14-25-6-5-19(26-14)31-21(30)28-23-11-15-7-16(12-23)10-22(9-15,13-23)27-20(29)17-3-2-4-18(24)8-17/h2-6,8,15-16H,7,9-13H2,1H3,(H,27,29)(H,28,30). The van der Waals surface area contributed by atoms with Crippen molar-refractivity contribution in [3.05, 3.63) is 53.7 Å². The Morgan fingerprint density at radius 1 is 1.10 bits per heavy atom. The second-order valence-electron chi connectivity index (χ2n) is 9.44. The molecule has 4 aliphatic rings. The number of carbonyl (C=O) groups is 2. The van der Waals surface area contributed by atoms with Gasteiger partial charge >= 0.3 is 6.09 Å². The monoisotopic (exact) mass is 424 g/mol. The van der Waals surface area contributed by atoms with E-state index in [2.05, 4.69) is 20.6 Å². The number of nitrogens with zero attached hydrogens (tertiary/aromatic N) is 2. The lowest BCUT2D eigenvalue weighted by Crippen LogP contribution is -2.70. The number of ether oxygens (including phenoxy) is 1. The van der Waals surface area contributed by atoms with Gasteiger partial charge in [0.05, 0.1) is 0 Å². The van der Waals surface area contributed by atoms with E-state index in [1.165, 1.54) is 18.2 Å². The first-order valence-electron chi connectivity index (χ1n) is 10.7. The van der Waals surface area contributed by atoms with Gasteiger partial charge in [-0.25, -0.2) is 14.2 Å². The molecule has 0 aliphatic heterocycles. The average molecular weight is 424 g/mol. The Morgan fingerprint density at radius 3 is 2.48 bits per heavy atom. The van der Waals surface area contributed by atoms with Gasteiger partial charge in [0, 0.05) is 28.9 Å². The van der Waals surface area contributed by atoms with Crippen LogP contribution in [0.5, 0.6) is 5.88 Å². The first-order valence-corrected chi connectivity index (χ1v) is 10.7. The highest BCUT2D eigenvalue weighted by atomic mass is 19.1. The normalized spacial score (nSPS) is 30.6. The Balaban J connectivity index is 1.32. The third kappa shape index (κ3) is 3.98. The third-order valence-electron chi connectivity index (χ3n) is 6.84. The van der Waals surface area contributed by atoms with Gasteiger partial charge in [0.2, 0.25) is 5.88 Å². The van der Waals surface area contributed by atoms with Crippen LogP contribution in [0.2, 0.25) is 0 Å². The molecule has 4 saturated carbocycles. The van der Waals surface area contributed by atoms with E-state index in [1.807, 2.05) is 0 Å².